The molecule has 0 atom stereocenters. The molecule has 28 heavy (non-hydrogen) atoms. The third-order valence-corrected chi connectivity index (χ3v) is 5.93. The quantitative estimate of drug-likeness (QED) is 0.419. The second-order valence-corrected chi connectivity index (χ2v) is 7.97. The van der Waals surface area contributed by atoms with Crippen LogP contribution in [0.15, 0.2) is 0 Å². The van der Waals surface area contributed by atoms with E-state index in [0.717, 1.165) is 0 Å². The molecule has 0 aliphatic carbocycles. The second-order valence-electron chi connectivity index (χ2n) is 4.27. The maximum Gasteiger partial charge on any atom is 1.00 e. The number of rotatable bonds is 6. The summed E-state index contributed by atoms with van der Waals surface area (Å²) in [4.78, 5) is 0. The fourth-order valence-electron chi connectivity index (χ4n) is 0.931. The summed E-state index contributed by atoms with van der Waals surface area (Å²) in [6.07, 6.45) is -14.8. The van der Waals surface area contributed by atoms with Gasteiger partial charge in [0, 0.05) is 0 Å². The zero-order valence-corrected chi connectivity index (χ0v) is 13.9. The van der Waals surface area contributed by atoms with E-state index in [0.29, 0.717) is 0 Å². The first-order chi connectivity index (χ1) is 11.2. The average molecular weight is 489 g/mol. The summed E-state index contributed by atoms with van der Waals surface area (Å²) in [5.41, 5.74) is 0. The van der Waals surface area contributed by atoms with Crippen molar-refractivity contribution in [1.29, 1.82) is 0 Å². The van der Waals surface area contributed by atoms with Gasteiger partial charge in [0.05, 0.1) is 0 Å². The van der Waals surface area contributed by atoms with E-state index in [4.69, 9.17) is 0 Å². The van der Waals surface area contributed by atoms with Gasteiger partial charge in [-0.25, -0.2) is 16.8 Å². The van der Waals surface area contributed by atoms with Crippen LogP contribution in [0.1, 0.15) is 1.43 Å². The van der Waals surface area contributed by atoms with Crippen LogP contribution in [0.3, 0.4) is 0 Å². The van der Waals surface area contributed by atoms with Gasteiger partial charge in [0.15, 0.2) is 0 Å². The average Bonchev–Trinajstić information content (AvgIpc) is 2.33. The predicted octanol–water partition coefficient (Wildman–Crippen LogP) is -0.0671. The molecule has 0 heterocycles. The number of halogens is 14. The third-order valence-electron chi connectivity index (χ3n) is 2.34. The molecule has 0 aromatic heterocycles. The Morgan fingerprint density at radius 2 is 0.786 bits per heavy atom. The molecule has 1 N–H and O–H groups in total. The van der Waals surface area contributed by atoms with Crippen molar-refractivity contribution in [1.82, 2.24) is 4.13 Å². The van der Waals surface area contributed by atoms with Crippen molar-refractivity contribution < 1.29 is 98.6 Å². The van der Waals surface area contributed by atoms with Gasteiger partial charge in [-0.05, 0) is 0 Å². The molecule has 0 fully saturated rings. The summed E-state index contributed by atoms with van der Waals surface area (Å²) in [5.74, 6) is -15.9. The van der Waals surface area contributed by atoms with Gasteiger partial charge in [0.1, 0.15) is 0 Å². The number of alkyl halides is 14. The molecule has 166 valence electrons. The maximum absolute atomic E-state index is 13.0. The standard InChI is InChI=1S/C6HF14NO4S2.Li.H/c7-1(8,3(11,12)13)2(9,10)5(17,18)26(22,23)21-27(24,25)6(19,20)4(14,15)16;;/h21H;;/q;+1;-1. The Morgan fingerprint density at radius 3 is 1.04 bits per heavy atom. The van der Waals surface area contributed by atoms with Crippen LogP contribution in [0.2, 0.25) is 0 Å². The topological polar surface area (TPSA) is 80.3 Å². The Hall–Kier alpha value is -0.523. The molecule has 0 spiro atoms. The van der Waals surface area contributed by atoms with Crippen LogP contribution in [0.5, 0.6) is 0 Å². The summed E-state index contributed by atoms with van der Waals surface area (Å²) < 4.78 is 214. The van der Waals surface area contributed by atoms with Gasteiger partial charge >= 0.3 is 53.6 Å². The third kappa shape index (κ3) is 4.32. The van der Waals surface area contributed by atoms with Gasteiger partial charge in [-0.1, -0.05) is 4.13 Å². The molecule has 0 amide bonds. The van der Waals surface area contributed by atoms with Gasteiger partial charge < -0.3 is 1.43 Å². The van der Waals surface area contributed by atoms with E-state index in [9.17, 15) is 78.3 Å². The predicted molar refractivity (Wildman–Crippen MR) is 54.0 cm³/mol. The van der Waals surface area contributed by atoms with Crippen LogP contribution in [0.4, 0.5) is 61.5 Å². The minimum atomic E-state index is -8.24. The molecule has 0 aliphatic heterocycles. The molecule has 0 rings (SSSR count). The second kappa shape index (κ2) is 7.31. The number of hydrogen-bond acceptors (Lipinski definition) is 4. The van der Waals surface area contributed by atoms with E-state index < -0.39 is 58.9 Å². The van der Waals surface area contributed by atoms with E-state index in [-0.39, 0.29) is 20.3 Å². The number of sulfonamides is 2. The van der Waals surface area contributed by atoms with E-state index in [2.05, 4.69) is 0 Å². The van der Waals surface area contributed by atoms with Crippen LogP contribution in [0.25, 0.3) is 0 Å². The van der Waals surface area contributed by atoms with E-state index in [1.807, 2.05) is 0 Å². The molecule has 0 unspecified atom stereocenters. The number of hydrogen-bond donors (Lipinski definition) is 1. The van der Waals surface area contributed by atoms with Crippen molar-refractivity contribution in [3.05, 3.63) is 0 Å². The van der Waals surface area contributed by atoms with Gasteiger partial charge in [-0.15, -0.1) is 0 Å². The minimum absolute atomic E-state index is 0. The monoisotopic (exact) mass is 489 g/mol. The molecule has 0 saturated heterocycles. The zero-order valence-electron chi connectivity index (χ0n) is 13.2. The molecule has 0 aromatic carbocycles. The van der Waals surface area contributed by atoms with E-state index in [1.54, 1.807) is 0 Å². The minimum Gasteiger partial charge on any atom is -1.00 e. The summed E-state index contributed by atoms with van der Waals surface area (Å²) in [6.45, 7) is 0. The van der Waals surface area contributed by atoms with E-state index >= 15 is 0 Å². The summed E-state index contributed by atoms with van der Waals surface area (Å²) in [5, 5.41) is -15.1. The largest absolute Gasteiger partial charge is 1.00 e. The van der Waals surface area contributed by atoms with Crippen LogP contribution in [-0.4, -0.2) is 51.5 Å². The molecule has 0 bridgehead atoms. The van der Waals surface area contributed by atoms with Gasteiger partial charge in [0.25, 0.3) is 20.0 Å². The first kappa shape index (κ1) is 29.7. The van der Waals surface area contributed by atoms with Crippen LogP contribution < -0.4 is 23.0 Å². The van der Waals surface area contributed by atoms with E-state index in [1.165, 1.54) is 0 Å². The summed E-state index contributed by atoms with van der Waals surface area (Å²) in [6, 6.07) is 0. The van der Waals surface area contributed by atoms with Crippen LogP contribution in [0, 0.1) is 0 Å². The normalized spacial score (nSPS) is 15.9. The van der Waals surface area contributed by atoms with Crippen molar-refractivity contribution in [2.24, 2.45) is 0 Å². The molecular formula is C6H2F14LiNO4S2. The zero-order chi connectivity index (χ0) is 22.7. The molecule has 5 nitrogen and oxygen atoms in total. The first-order valence-corrected chi connectivity index (χ1v) is 8.10. The molecule has 0 saturated carbocycles. The molecular weight excluding hydrogens is 487 g/mol. The SMILES string of the molecule is O=S(=O)(NS(=O)(=O)C(F)(F)C(F)(F)C(F)(F)C(F)(F)F)C(F)(F)C(F)(F)F.[H-].[Li+]. The number of nitrogens with one attached hydrogen (secondary N) is 1. The van der Waals surface area contributed by atoms with Crippen molar-refractivity contribution in [3.8, 4) is 0 Å². The van der Waals surface area contributed by atoms with Crippen molar-refractivity contribution in [3.63, 3.8) is 0 Å². The maximum atomic E-state index is 13.0. The van der Waals surface area contributed by atoms with Gasteiger partial charge in [0.2, 0.25) is 0 Å². The fraction of sp³-hybridized carbons (Fsp3) is 1.00. The molecule has 22 heteroatoms. The van der Waals surface area contributed by atoms with Crippen molar-refractivity contribution in [2.45, 2.75) is 34.7 Å². The Labute approximate surface area is 158 Å². The van der Waals surface area contributed by atoms with Gasteiger partial charge in [-0.2, -0.15) is 61.5 Å². The molecule has 0 aliphatic rings. The van der Waals surface area contributed by atoms with Crippen LogP contribution in [-0.2, 0) is 20.0 Å². The van der Waals surface area contributed by atoms with Crippen molar-refractivity contribution in [2.75, 3.05) is 0 Å². The van der Waals surface area contributed by atoms with Crippen LogP contribution >= 0.6 is 0 Å². The fourth-order valence-corrected chi connectivity index (χ4v) is 3.69. The Balaban J connectivity index is -0.00000338. The summed E-state index contributed by atoms with van der Waals surface area (Å²) >= 11 is 0. The Morgan fingerprint density at radius 1 is 0.500 bits per heavy atom. The molecule has 0 aromatic rings. The Kier molecular flexibility index (Phi) is 7.75. The van der Waals surface area contributed by atoms with Gasteiger partial charge in [-0.3, -0.25) is 0 Å². The van der Waals surface area contributed by atoms with Crippen molar-refractivity contribution >= 4 is 20.0 Å². The molecule has 0 radical (unpaired) electrons. The Bertz CT molecular complexity index is 788. The summed E-state index contributed by atoms with van der Waals surface area (Å²) in [7, 11) is -16.2. The first-order valence-electron chi connectivity index (χ1n) is 5.13. The smallest absolute Gasteiger partial charge is 1.00 e.